The normalized spacial score (nSPS) is 15.8. The van der Waals surface area contributed by atoms with Crippen LogP contribution in [0.3, 0.4) is 0 Å². The molecule has 5 atom stereocenters. The van der Waals surface area contributed by atoms with Gasteiger partial charge < -0.3 is 31.9 Å². The number of hydrogen-bond donors (Lipinski definition) is 6. The largest absolute Gasteiger partial charge is 0.480 e. The Labute approximate surface area is 181 Å². The highest BCUT2D eigenvalue weighted by atomic mass is 16.4. The van der Waals surface area contributed by atoms with Crippen LogP contribution in [0.15, 0.2) is 30.3 Å². The Morgan fingerprint density at radius 2 is 1.48 bits per heavy atom. The van der Waals surface area contributed by atoms with Crippen molar-refractivity contribution < 1.29 is 29.4 Å². The van der Waals surface area contributed by atoms with Gasteiger partial charge >= 0.3 is 5.97 Å². The molecule has 5 unspecified atom stereocenters. The lowest BCUT2D eigenvalue weighted by Gasteiger charge is -2.25. The molecule has 0 radical (unpaired) electrons. The number of nitrogens with one attached hydrogen (secondary N) is 3. The fourth-order valence-electron chi connectivity index (χ4n) is 2.68. The smallest absolute Gasteiger partial charge is 0.328 e. The van der Waals surface area contributed by atoms with Gasteiger partial charge in [0.15, 0.2) is 6.04 Å². The second-order valence-corrected chi connectivity index (χ2v) is 7.82. The number of aliphatic hydroxyl groups is 1. The number of aliphatic hydroxyl groups excluding tert-OH is 1. The topological polar surface area (TPSA) is 171 Å². The lowest BCUT2D eigenvalue weighted by molar-refractivity contribution is -0.145. The molecule has 7 N–H and O–H groups in total. The zero-order valence-corrected chi connectivity index (χ0v) is 18.2. The highest BCUT2D eigenvalue weighted by Gasteiger charge is 2.30. The van der Waals surface area contributed by atoms with Crippen LogP contribution in [-0.4, -0.2) is 64.2 Å². The van der Waals surface area contributed by atoms with E-state index in [4.69, 9.17) is 10.8 Å². The van der Waals surface area contributed by atoms with E-state index in [1.807, 2.05) is 6.07 Å². The monoisotopic (exact) mass is 436 g/mol. The van der Waals surface area contributed by atoms with E-state index in [-0.39, 0.29) is 12.3 Å². The molecule has 3 amide bonds. The van der Waals surface area contributed by atoms with Crippen LogP contribution in [0.4, 0.5) is 0 Å². The van der Waals surface area contributed by atoms with E-state index < -0.39 is 54.0 Å². The van der Waals surface area contributed by atoms with Gasteiger partial charge in [0, 0.05) is 6.42 Å². The van der Waals surface area contributed by atoms with E-state index in [1.165, 1.54) is 13.8 Å². The molecule has 0 heterocycles. The third-order valence-corrected chi connectivity index (χ3v) is 4.73. The molecule has 0 aliphatic carbocycles. The van der Waals surface area contributed by atoms with E-state index in [9.17, 15) is 24.3 Å². The van der Waals surface area contributed by atoms with Gasteiger partial charge in [0.2, 0.25) is 17.7 Å². The minimum absolute atomic E-state index is 0.140. The summed E-state index contributed by atoms with van der Waals surface area (Å²) in [6.07, 6.45) is -1.16. The summed E-state index contributed by atoms with van der Waals surface area (Å²) in [6.45, 7) is 6.16. The third-order valence-electron chi connectivity index (χ3n) is 4.73. The molecule has 31 heavy (non-hydrogen) atoms. The van der Waals surface area contributed by atoms with Gasteiger partial charge in [-0.25, -0.2) is 4.79 Å². The SMILES string of the molecule is CC(NC(=O)C(Cc1ccccc1)NC(=O)C(N)C(C)C)C(=O)NC(C(=O)O)C(C)O. The number of nitrogens with two attached hydrogens (primary N) is 1. The fraction of sp³-hybridized carbons (Fsp3) is 0.524. The van der Waals surface area contributed by atoms with Gasteiger partial charge in [0.25, 0.3) is 0 Å². The third kappa shape index (κ3) is 8.35. The molecule has 0 saturated carbocycles. The molecule has 0 aliphatic heterocycles. The van der Waals surface area contributed by atoms with Crippen molar-refractivity contribution in [2.45, 2.75) is 64.4 Å². The van der Waals surface area contributed by atoms with E-state index in [1.54, 1.807) is 38.1 Å². The first kappa shape index (κ1) is 26.1. The van der Waals surface area contributed by atoms with E-state index in [0.29, 0.717) is 0 Å². The van der Waals surface area contributed by atoms with E-state index in [0.717, 1.165) is 5.56 Å². The van der Waals surface area contributed by atoms with Crippen molar-refractivity contribution in [3.63, 3.8) is 0 Å². The molecule has 1 aromatic carbocycles. The molecule has 0 spiro atoms. The first-order chi connectivity index (χ1) is 14.4. The summed E-state index contributed by atoms with van der Waals surface area (Å²) in [5, 5.41) is 25.9. The summed E-state index contributed by atoms with van der Waals surface area (Å²) < 4.78 is 0. The predicted molar refractivity (Wildman–Crippen MR) is 114 cm³/mol. The van der Waals surface area contributed by atoms with Crippen molar-refractivity contribution in [3.8, 4) is 0 Å². The van der Waals surface area contributed by atoms with Gasteiger partial charge in [0.1, 0.15) is 12.1 Å². The maximum absolute atomic E-state index is 12.8. The molecule has 10 heteroatoms. The van der Waals surface area contributed by atoms with Crippen molar-refractivity contribution in [1.82, 2.24) is 16.0 Å². The molecule has 0 aliphatic rings. The van der Waals surface area contributed by atoms with E-state index >= 15 is 0 Å². The molecule has 10 nitrogen and oxygen atoms in total. The number of carboxylic acids is 1. The van der Waals surface area contributed by atoms with Crippen molar-refractivity contribution in [1.29, 1.82) is 0 Å². The zero-order chi connectivity index (χ0) is 23.7. The van der Waals surface area contributed by atoms with Crippen LogP contribution in [0.2, 0.25) is 0 Å². The molecule has 0 bridgehead atoms. The Bertz CT molecular complexity index is 768. The highest BCUT2D eigenvalue weighted by molar-refractivity contribution is 5.94. The Morgan fingerprint density at radius 1 is 0.903 bits per heavy atom. The predicted octanol–water partition coefficient (Wildman–Crippen LogP) is -0.848. The first-order valence-corrected chi connectivity index (χ1v) is 10.1. The van der Waals surface area contributed by atoms with Gasteiger partial charge in [-0.2, -0.15) is 0 Å². The average molecular weight is 437 g/mol. The molecule has 0 aromatic heterocycles. The lowest BCUT2D eigenvalue weighted by Crippen LogP contribution is -2.58. The number of benzene rings is 1. The summed E-state index contributed by atoms with van der Waals surface area (Å²) >= 11 is 0. The quantitative estimate of drug-likeness (QED) is 0.262. The Hall–Kier alpha value is -2.98. The maximum Gasteiger partial charge on any atom is 0.328 e. The van der Waals surface area contributed by atoms with Crippen molar-refractivity contribution >= 4 is 23.7 Å². The molecule has 0 saturated heterocycles. The van der Waals surface area contributed by atoms with Crippen molar-refractivity contribution in [2.24, 2.45) is 11.7 Å². The van der Waals surface area contributed by atoms with E-state index in [2.05, 4.69) is 16.0 Å². The fourth-order valence-corrected chi connectivity index (χ4v) is 2.68. The second kappa shape index (κ2) is 12.0. The molecular formula is C21H32N4O6. The number of hydrogen-bond acceptors (Lipinski definition) is 6. The van der Waals surface area contributed by atoms with Gasteiger partial charge in [-0.15, -0.1) is 0 Å². The molecule has 1 aromatic rings. The number of carbonyl (C=O) groups excluding carboxylic acids is 3. The van der Waals surface area contributed by atoms with Crippen LogP contribution in [0.5, 0.6) is 0 Å². The van der Waals surface area contributed by atoms with Gasteiger partial charge in [-0.1, -0.05) is 44.2 Å². The van der Waals surface area contributed by atoms with Gasteiger partial charge in [0.05, 0.1) is 12.1 Å². The summed E-state index contributed by atoms with van der Waals surface area (Å²) in [6, 6.07) is 4.57. The summed E-state index contributed by atoms with van der Waals surface area (Å²) in [5.41, 5.74) is 6.67. The number of amides is 3. The molecule has 0 fully saturated rings. The standard InChI is InChI=1S/C21H32N4O6/c1-11(2)16(22)20(29)24-15(10-14-8-6-5-7-9-14)19(28)23-12(3)18(27)25-17(13(4)26)21(30)31/h5-9,11-13,15-17,26H,10,22H2,1-4H3,(H,23,28)(H,24,29)(H,25,27)(H,30,31). The number of aliphatic carboxylic acids is 1. The van der Waals surface area contributed by atoms with Crippen LogP contribution in [0, 0.1) is 5.92 Å². The van der Waals surface area contributed by atoms with Crippen molar-refractivity contribution in [3.05, 3.63) is 35.9 Å². The summed E-state index contributed by atoms with van der Waals surface area (Å²) in [4.78, 5) is 48.7. The zero-order valence-electron chi connectivity index (χ0n) is 18.2. The Morgan fingerprint density at radius 3 is 1.97 bits per heavy atom. The van der Waals surface area contributed by atoms with Crippen LogP contribution < -0.4 is 21.7 Å². The number of rotatable bonds is 11. The molecular weight excluding hydrogens is 404 g/mol. The highest BCUT2D eigenvalue weighted by Crippen LogP contribution is 2.06. The summed E-state index contributed by atoms with van der Waals surface area (Å²) in [5.74, 6) is -3.45. The van der Waals surface area contributed by atoms with Crippen LogP contribution in [0.25, 0.3) is 0 Å². The van der Waals surface area contributed by atoms with Crippen LogP contribution in [-0.2, 0) is 25.6 Å². The minimum atomic E-state index is -1.52. The van der Waals surface area contributed by atoms with Crippen LogP contribution in [0.1, 0.15) is 33.3 Å². The Kier molecular flexibility index (Phi) is 10.1. The lowest BCUT2D eigenvalue weighted by atomic mass is 10.0. The Balaban J connectivity index is 2.91. The second-order valence-electron chi connectivity index (χ2n) is 7.82. The first-order valence-electron chi connectivity index (χ1n) is 10.1. The number of carbonyl (C=O) groups is 4. The molecule has 172 valence electrons. The maximum atomic E-state index is 12.8. The number of carboxylic acid groups (broad SMARTS) is 1. The minimum Gasteiger partial charge on any atom is -0.480 e. The van der Waals surface area contributed by atoms with Crippen molar-refractivity contribution in [2.75, 3.05) is 0 Å². The van der Waals surface area contributed by atoms with Crippen LogP contribution >= 0.6 is 0 Å². The summed E-state index contributed by atoms with van der Waals surface area (Å²) in [7, 11) is 0. The average Bonchev–Trinajstić information content (AvgIpc) is 2.70. The van der Waals surface area contributed by atoms with Gasteiger partial charge in [-0.05, 0) is 25.3 Å². The molecule has 1 rings (SSSR count). The van der Waals surface area contributed by atoms with Gasteiger partial charge in [-0.3, -0.25) is 14.4 Å².